The molecule has 1 fully saturated rings. The Bertz CT molecular complexity index is 2580. The minimum absolute atomic E-state index is 0.00105. The molecule has 1 aliphatic heterocycles. The lowest BCUT2D eigenvalue weighted by Crippen LogP contribution is -2.47. The molecule has 2 N–H and O–H groups in total. The number of halogens is 6. The molecule has 0 atom stereocenters. The van der Waals surface area contributed by atoms with Crippen LogP contribution in [0.3, 0.4) is 0 Å². The van der Waals surface area contributed by atoms with Crippen LogP contribution in [0.25, 0.3) is 11.1 Å². The number of para-hydroxylation sites is 1. The van der Waals surface area contributed by atoms with Gasteiger partial charge >= 0.3 is 18.3 Å². The molecule has 7 rings (SSSR count). The molecule has 1 aliphatic rings. The van der Waals surface area contributed by atoms with Crippen molar-refractivity contribution in [3.63, 3.8) is 0 Å². The van der Waals surface area contributed by atoms with Crippen molar-refractivity contribution in [2.45, 2.75) is 18.9 Å². The molecule has 12 nitrogen and oxygen atoms in total. The first-order chi connectivity index (χ1) is 29.6. The summed E-state index contributed by atoms with van der Waals surface area (Å²) in [6, 6.07) is 25.1. The Hall–Kier alpha value is -7.50. The van der Waals surface area contributed by atoms with Gasteiger partial charge in [-0.15, -0.1) is 0 Å². The zero-order valence-corrected chi connectivity index (χ0v) is 32.5. The molecular weight excluding hydrogens is 824 g/mol. The van der Waals surface area contributed by atoms with Crippen molar-refractivity contribution >= 4 is 28.7 Å². The highest BCUT2D eigenvalue weighted by molar-refractivity contribution is 5.92. The van der Waals surface area contributed by atoms with Crippen LogP contribution in [0.2, 0.25) is 0 Å². The van der Waals surface area contributed by atoms with Crippen LogP contribution in [0.5, 0.6) is 28.7 Å². The molecule has 18 heteroatoms. The topological polar surface area (TPSA) is 140 Å². The van der Waals surface area contributed by atoms with Crippen LogP contribution in [0.4, 0.5) is 49.1 Å². The molecule has 5 aromatic carbocycles. The maximum absolute atomic E-state index is 15.1. The third-order valence-corrected chi connectivity index (χ3v) is 10.0. The fourth-order valence-corrected chi connectivity index (χ4v) is 6.92. The lowest BCUT2D eigenvalue weighted by molar-refractivity contribution is -0.384. The zero-order chi connectivity index (χ0) is 44.2. The first-order valence-corrected chi connectivity index (χ1v) is 18.8. The number of hydrogen-bond acceptors (Lipinski definition) is 10. The third kappa shape index (κ3) is 9.59. The highest BCUT2D eigenvalue weighted by Gasteiger charge is 2.38. The number of nitro benzene ring substituents is 1. The van der Waals surface area contributed by atoms with Crippen LogP contribution >= 0.6 is 0 Å². The second-order valence-electron chi connectivity index (χ2n) is 13.9. The standard InChI is InChI=1S/C44H35F6N5O7/c1-60-39-7-2-4-29(41(39)62-38-13-10-32(55(58)59)23-34(38)42(56)57)26-52-36-24-35(44(48,49)50)37(25-40(36)61-33-11-8-27(9-12-33)28-14-16-51-17-15-28)54-20-18-53(19-21-54)31-6-3-5-30(22-31)43(45,46)47/h2-17,22-25,52H,18-21,26H2,1H3,(H,56,57). The van der Waals surface area contributed by atoms with E-state index in [-0.39, 0.29) is 72.8 Å². The van der Waals surface area contributed by atoms with Crippen molar-refractivity contribution in [3.8, 4) is 39.9 Å². The van der Waals surface area contributed by atoms with E-state index in [1.165, 1.54) is 36.3 Å². The Labute approximate surface area is 349 Å². The molecule has 0 unspecified atom stereocenters. The number of aromatic carboxylic acids is 1. The summed E-state index contributed by atoms with van der Waals surface area (Å²) in [6.07, 6.45) is -6.17. The van der Waals surface area contributed by atoms with Crippen molar-refractivity contribution in [1.82, 2.24) is 4.98 Å². The lowest BCUT2D eigenvalue weighted by Gasteiger charge is -2.38. The Morgan fingerprint density at radius 1 is 0.774 bits per heavy atom. The molecule has 6 aromatic rings. The molecule has 62 heavy (non-hydrogen) atoms. The molecule has 0 spiro atoms. The number of nitrogens with zero attached hydrogens (tertiary/aromatic N) is 4. The molecule has 1 saturated heterocycles. The smallest absolute Gasteiger partial charge is 0.418 e. The second-order valence-corrected chi connectivity index (χ2v) is 13.9. The minimum Gasteiger partial charge on any atom is -0.493 e. The Kier molecular flexibility index (Phi) is 12.1. The van der Waals surface area contributed by atoms with Gasteiger partial charge in [0.1, 0.15) is 17.1 Å². The molecule has 0 amide bonds. The maximum Gasteiger partial charge on any atom is 0.418 e. The number of carbonyl (C=O) groups is 1. The van der Waals surface area contributed by atoms with Crippen molar-refractivity contribution < 1.29 is 55.4 Å². The number of alkyl halides is 6. The quantitative estimate of drug-likeness (QED) is 0.0651. The number of benzene rings is 5. The Morgan fingerprint density at radius 3 is 2.10 bits per heavy atom. The van der Waals surface area contributed by atoms with Gasteiger partial charge in [0, 0.05) is 74.6 Å². The summed E-state index contributed by atoms with van der Waals surface area (Å²) >= 11 is 0. The number of hydrogen-bond donors (Lipinski definition) is 2. The van der Waals surface area contributed by atoms with Crippen LogP contribution in [0, 0.1) is 10.1 Å². The molecule has 0 bridgehead atoms. The molecule has 0 saturated carbocycles. The van der Waals surface area contributed by atoms with Crippen molar-refractivity contribution in [1.29, 1.82) is 0 Å². The molecule has 0 radical (unpaired) electrons. The summed E-state index contributed by atoms with van der Waals surface area (Å²) in [5.41, 5.74) is -0.847. The Balaban J connectivity index is 1.24. The van der Waals surface area contributed by atoms with Gasteiger partial charge in [0.05, 0.1) is 34.5 Å². The summed E-state index contributed by atoms with van der Waals surface area (Å²) < 4.78 is 103. The van der Waals surface area contributed by atoms with Gasteiger partial charge < -0.3 is 34.4 Å². The van der Waals surface area contributed by atoms with Crippen LogP contribution in [-0.4, -0.2) is 54.3 Å². The Morgan fingerprint density at radius 2 is 1.45 bits per heavy atom. The highest BCUT2D eigenvalue weighted by atomic mass is 19.4. The van der Waals surface area contributed by atoms with Crippen LogP contribution in [0.15, 0.2) is 122 Å². The summed E-state index contributed by atoms with van der Waals surface area (Å²) in [5, 5.41) is 24.2. The van der Waals surface area contributed by atoms with E-state index < -0.39 is 45.6 Å². The number of piperazine rings is 1. The zero-order valence-electron chi connectivity index (χ0n) is 32.5. The van der Waals surface area contributed by atoms with Gasteiger partial charge in [-0.05, 0) is 71.8 Å². The predicted molar refractivity (Wildman–Crippen MR) is 218 cm³/mol. The average molecular weight is 860 g/mol. The number of aromatic nitrogens is 1. The van der Waals surface area contributed by atoms with Gasteiger partial charge in [0.2, 0.25) is 0 Å². The number of rotatable bonds is 13. The van der Waals surface area contributed by atoms with Crippen LogP contribution in [-0.2, 0) is 18.9 Å². The van der Waals surface area contributed by atoms with Crippen molar-refractivity contribution in [3.05, 3.63) is 154 Å². The number of anilines is 3. The van der Waals surface area contributed by atoms with Gasteiger partial charge in [-0.1, -0.05) is 30.3 Å². The second kappa shape index (κ2) is 17.6. The molecular formula is C44H35F6N5O7. The van der Waals surface area contributed by atoms with E-state index in [1.807, 2.05) is 12.1 Å². The van der Waals surface area contributed by atoms with E-state index in [0.717, 1.165) is 47.5 Å². The van der Waals surface area contributed by atoms with E-state index in [2.05, 4.69) is 10.3 Å². The maximum atomic E-state index is 15.1. The monoisotopic (exact) mass is 859 g/mol. The summed E-state index contributed by atoms with van der Waals surface area (Å²) in [7, 11) is 1.33. The number of non-ortho nitro benzene ring substituents is 1. The van der Waals surface area contributed by atoms with Crippen molar-refractivity contribution in [2.75, 3.05) is 48.4 Å². The minimum atomic E-state index is -4.87. The first kappa shape index (κ1) is 42.6. The number of ether oxygens (including phenoxy) is 3. The summed E-state index contributed by atoms with van der Waals surface area (Å²) in [5.74, 6) is -1.37. The van der Waals surface area contributed by atoms with E-state index in [4.69, 9.17) is 14.2 Å². The molecule has 320 valence electrons. The number of nitro groups is 1. The molecule has 2 heterocycles. The summed E-state index contributed by atoms with van der Waals surface area (Å²) in [4.78, 5) is 29.9. The number of methoxy groups -OCH3 is 1. The number of carboxylic acids is 1. The largest absolute Gasteiger partial charge is 0.493 e. The van der Waals surface area contributed by atoms with E-state index in [1.54, 1.807) is 53.7 Å². The number of carboxylic acid groups (broad SMARTS) is 1. The third-order valence-electron chi connectivity index (χ3n) is 10.0. The van der Waals surface area contributed by atoms with E-state index in [9.17, 15) is 33.2 Å². The summed E-state index contributed by atoms with van der Waals surface area (Å²) in [6.45, 7) is 0.116. The van der Waals surface area contributed by atoms with Gasteiger partial charge in [-0.2, -0.15) is 26.3 Å². The predicted octanol–water partition coefficient (Wildman–Crippen LogP) is 10.9. The van der Waals surface area contributed by atoms with E-state index >= 15 is 13.2 Å². The first-order valence-electron chi connectivity index (χ1n) is 18.8. The van der Waals surface area contributed by atoms with Gasteiger partial charge in [0.15, 0.2) is 17.2 Å². The molecule has 0 aliphatic carbocycles. The fourth-order valence-electron chi connectivity index (χ4n) is 6.92. The highest BCUT2D eigenvalue weighted by Crippen LogP contribution is 2.45. The van der Waals surface area contributed by atoms with Crippen LogP contribution < -0.4 is 29.3 Å². The molecule has 1 aromatic heterocycles. The SMILES string of the molecule is COc1cccc(CNc2cc(C(F)(F)F)c(N3CCN(c4cccc(C(F)(F)F)c4)CC3)cc2Oc2ccc(-c3ccncc3)cc2)c1Oc1ccc([N+](=O)[O-])cc1C(=O)O. The number of nitrogens with one attached hydrogen (secondary N) is 1. The average Bonchev–Trinajstić information content (AvgIpc) is 3.26. The van der Waals surface area contributed by atoms with E-state index in [0.29, 0.717) is 11.3 Å². The van der Waals surface area contributed by atoms with Crippen LogP contribution in [0.1, 0.15) is 27.0 Å². The van der Waals surface area contributed by atoms with Gasteiger partial charge in [0.25, 0.3) is 5.69 Å². The van der Waals surface area contributed by atoms with Gasteiger partial charge in [-0.25, -0.2) is 4.79 Å². The lowest BCUT2D eigenvalue weighted by atomic mass is 10.1. The number of pyridine rings is 1. The van der Waals surface area contributed by atoms with Gasteiger partial charge in [-0.3, -0.25) is 15.1 Å². The normalized spacial score (nSPS) is 13.1. The fraction of sp³-hybridized carbons (Fsp3) is 0.182. The van der Waals surface area contributed by atoms with Crippen molar-refractivity contribution in [2.24, 2.45) is 0 Å².